The van der Waals surface area contributed by atoms with Gasteiger partial charge >= 0.3 is 0 Å². The van der Waals surface area contributed by atoms with Gasteiger partial charge in [0.15, 0.2) is 5.69 Å². The molecule has 0 aliphatic rings. The van der Waals surface area contributed by atoms with Gasteiger partial charge in [-0.15, -0.1) is 0 Å². The summed E-state index contributed by atoms with van der Waals surface area (Å²) < 4.78 is 15.5. The number of carbonyl (C=O) groups is 1. The molecule has 1 heterocycles. The van der Waals surface area contributed by atoms with Crippen molar-refractivity contribution in [2.45, 2.75) is 13.5 Å². The summed E-state index contributed by atoms with van der Waals surface area (Å²) in [6, 6.07) is 6.47. The zero-order valence-corrected chi connectivity index (χ0v) is 12.4. The summed E-state index contributed by atoms with van der Waals surface area (Å²) in [5, 5.41) is 7.35. The fourth-order valence-corrected chi connectivity index (χ4v) is 1.99. The molecule has 0 saturated heterocycles. The molecule has 0 fully saturated rings. The second kappa shape index (κ2) is 6.49. The largest absolute Gasteiger partial charge is 0.343 e. The van der Waals surface area contributed by atoms with E-state index in [1.54, 1.807) is 38.5 Å². The van der Waals surface area contributed by atoms with Gasteiger partial charge in [-0.3, -0.25) is 4.79 Å². The van der Waals surface area contributed by atoms with Gasteiger partial charge in [-0.05, 0) is 24.7 Å². The number of amides is 1. The Bertz CT molecular complexity index is 636. The third-order valence-electron chi connectivity index (χ3n) is 3.11. The van der Waals surface area contributed by atoms with Crippen molar-refractivity contribution >= 4 is 5.91 Å². The highest BCUT2D eigenvalue weighted by molar-refractivity contribution is 5.91. The highest BCUT2D eigenvalue weighted by Gasteiger charge is 2.15. The van der Waals surface area contributed by atoms with Crippen LogP contribution in [0.4, 0.5) is 4.39 Å². The molecule has 1 aromatic carbocycles. The fraction of sp³-hybridized carbons (Fsp3) is 0.333. The molecule has 0 radical (unpaired) electrons. The van der Waals surface area contributed by atoms with Gasteiger partial charge in [0.2, 0.25) is 0 Å². The van der Waals surface area contributed by atoms with E-state index in [1.807, 2.05) is 6.92 Å². The highest BCUT2D eigenvalue weighted by atomic mass is 19.1. The van der Waals surface area contributed by atoms with Gasteiger partial charge in [-0.2, -0.15) is 5.10 Å². The molecule has 112 valence electrons. The minimum absolute atomic E-state index is 0.182. The first kappa shape index (κ1) is 15.2. The smallest absolute Gasteiger partial charge is 0.273 e. The van der Waals surface area contributed by atoms with Gasteiger partial charge in [0.1, 0.15) is 5.82 Å². The third kappa shape index (κ3) is 3.28. The van der Waals surface area contributed by atoms with E-state index in [-0.39, 0.29) is 11.7 Å². The van der Waals surface area contributed by atoms with E-state index in [2.05, 4.69) is 10.4 Å². The summed E-state index contributed by atoms with van der Waals surface area (Å²) in [4.78, 5) is 13.3. The maximum absolute atomic E-state index is 14.0. The number of carbonyl (C=O) groups excluding carboxylic acids is 1. The van der Waals surface area contributed by atoms with Crippen molar-refractivity contribution in [3.05, 3.63) is 47.5 Å². The number of aromatic nitrogens is 2. The molecular formula is C15H19FN4O. The minimum Gasteiger partial charge on any atom is -0.343 e. The maximum atomic E-state index is 14.0. The lowest BCUT2D eigenvalue weighted by molar-refractivity contribution is 0.0821. The zero-order chi connectivity index (χ0) is 15.4. The Labute approximate surface area is 123 Å². The number of rotatable bonds is 5. The molecule has 0 bridgehead atoms. The van der Waals surface area contributed by atoms with E-state index in [9.17, 15) is 9.18 Å². The molecule has 21 heavy (non-hydrogen) atoms. The first-order valence-electron chi connectivity index (χ1n) is 6.80. The van der Waals surface area contributed by atoms with Crippen LogP contribution in [-0.4, -0.2) is 41.2 Å². The van der Waals surface area contributed by atoms with Crippen LogP contribution in [0.1, 0.15) is 23.0 Å². The molecule has 0 unspecified atom stereocenters. The number of nitrogens with one attached hydrogen (secondary N) is 1. The molecular weight excluding hydrogens is 271 g/mol. The topological polar surface area (TPSA) is 50.2 Å². The molecule has 0 aliphatic heterocycles. The van der Waals surface area contributed by atoms with Crippen LogP contribution >= 0.6 is 0 Å². The van der Waals surface area contributed by atoms with Gasteiger partial charge in [0, 0.05) is 32.4 Å². The van der Waals surface area contributed by atoms with Gasteiger partial charge in [-0.1, -0.05) is 13.0 Å². The van der Waals surface area contributed by atoms with Gasteiger partial charge in [-0.25, -0.2) is 9.07 Å². The van der Waals surface area contributed by atoms with Crippen LogP contribution in [0, 0.1) is 5.82 Å². The van der Waals surface area contributed by atoms with Crippen molar-refractivity contribution in [2.24, 2.45) is 0 Å². The molecule has 2 aromatic rings. The Kier molecular flexibility index (Phi) is 4.70. The maximum Gasteiger partial charge on any atom is 0.273 e. The van der Waals surface area contributed by atoms with E-state index in [0.29, 0.717) is 23.5 Å². The normalized spacial score (nSPS) is 10.7. The second-order valence-corrected chi connectivity index (χ2v) is 4.86. The van der Waals surface area contributed by atoms with Gasteiger partial charge in [0.25, 0.3) is 5.91 Å². The average Bonchev–Trinajstić information content (AvgIpc) is 2.94. The Morgan fingerprint density at radius 3 is 2.81 bits per heavy atom. The number of benzene rings is 1. The molecule has 1 aromatic heterocycles. The molecule has 1 N–H and O–H groups in total. The molecule has 0 atom stereocenters. The monoisotopic (exact) mass is 290 g/mol. The molecule has 0 spiro atoms. The van der Waals surface area contributed by atoms with Crippen molar-refractivity contribution in [2.75, 3.05) is 20.6 Å². The van der Waals surface area contributed by atoms with Crippen LogP contribution in [0.3, 0.4) is 0 Å². The molecule has 2 rings (SSSR count). The Hall–Kier alpha value is -2.21. The Morgan fingerprint density at radius 1 is 1.38 bits per heavy atom. The summed E-state index contributed by atoms with van der Waals surface area (Å²) in [7, 11) is 3.33. The fourth-order valence-electron chi connectivity index (χ4n) is 1.99. The standard InChI is InChI=1S/C15H19FN4O/c1-4-17-10-11-12(16)6-5-7-14(11)20-9-8-13(18-20)15(21)19(2)3/h5-9,17H,4,10H2,1-3H3. The SMILES string of the molecule is CCNCc1c(F)cccc1-n1ccc(C(=O)N(C)C)n1. The summed E-state index contributed by atoms with van der Waals surface area (Å²) in [6.45, 7) is 3.12. The Balaban J connectivity index is 2.38. The molecule has 0 aliphatic carbocycles. The lowest BCUT2D eigenvalue weighted by Crippen LogP contribution is -2.22. The second-order valence-electron chi connectivity index (χ2n) is 4.86. The van der Waals surface area contributed by atoms with Crippen LogP contribution in [-0.2, 0) is 6.54 Å². The number of hydrogen-bond donors (Lipinski definition) is 1. The van der Waals surface area contributed by atoms with E-state index in [0.717, 1.165) is 6.54 Å². The summed E-state index contributed by atoms with van der Waals surface area (Å²) >= 11 is 0. The first-order chi connectivity index (χ1) is 10.0. The van der Waals surface area contributed by atoms with Crippen molar-refractivity contribution in [1.29, 1.82) is 0 Å². The molecule has 5 nitrogen and oxygen atoms in total. The van der Waals surface area contributed by atoms with Crippen molar-refractivity contribution in [3.8, 4) is 5.69 Å². The van der Waals surface area contributed by atoms with Gasteiger partial charge in [0.05, 0.1) is 5.69 Å². The van der Waals surface area contributed by atoms with Crippen LogP contribution in [0.25, 0.3) is 5.69 Å². The van der Waals surface area contributed by atoms with Crippen LogP contribution < -0.4 is 5.32 Å². The minimum atomic E-state index is -0.288. The van der Waals surface area contributed by atoms with Crippen molar-refractivity contribution < 1.29 is 9.18 Å². The number of hydrogen-bond acceptors (Lipinski definition) is 3. The molecule has 0 saturated carbocycles. The third-order valence-corrected chi connectivity index (χ3v) is 3.11. The van der Waals surface area contributed by atoms with Crippen LogP contribution in [0.15, 0.2) is 30.5 Å². The predicted octanol–water partition coefficient (Wildman–Crippen LogP) is 1.82. The first-order valence-corrected chi connectivity index (χ1v) is 6.80. The van der Waals surface area contributed by atoms with E-state index >= 15 is 0 Å². The average molecular weight is 290 g/mol. The quantitative estimate of drug-likeness (QED) is 0.914. The van der Waals surface area contributed by atoms with E-state index in [1.165, 1.54) is 15.6 Å². The van der Waals surface area contributed by atoms with Crippen LogP contribution in [0.5, 0.6) is 0 Å². The summed E-state index contributed by atoms with van der Waals surface area (Å²) in [6.07, 6.45) is 1.67. The van der Waals surface area contributed by atoms with E-state index < -0.39 is 0 Å². The number of halogens is 1. The lowest BCUT2D eigenvalue weighted by atomic mass is 10.1. The van der Waals surface area contributed by atoms with Gasteiger partial charge < -0.3 is 10.2 Å². The zero-order valence-electron chi connectivity index (χ0n) is 12.4. The summed E-state index contributed by atoms with van der Waals surface area (Å²) in [5.41, 5.74) is 1.50. The van der Waals surface area contributed by atoms with Crippen LogP contribution in [0.2, 0.25) is 0 Å². The van der Waals surface area contributed by atoms with E-state index in [4.69, 9.17) is 0 Å². The molecule has 1 amide bonds. The Morgan fingerprint density at radius 2 is 2.14 bits per heavy atom. The van der Waals surface area contributed by atoms with Crippen molar-refractivity contribution in [1.82, 2.24) is 20.0 Å². The summed E-state index contributed by atoms with van der Waals surface area (Å²) in [5.74, 6) is -0.470. The lowest BCUT2D eigenvalue weighted by Gasteiger charge is -2.11. The number of nitrogens with zero attached hydrogens (tertiary/aromatic N) is 3. The van der Waals surface area contributed by atoms with Crippen molar-refractivity contribution in [3.63, 3.8) is 0 Å². The molecule has 6 heteroatoms. The highest BCUT2D eigenvalue weighted by Crippen LogP contribution is 2.18. The predicted molar refractivity (Wildman–Crippen MR) is 78.9 cm³/mol.